The summed E-state index contributed by atoms with van der Waals surface area (Å²) < 4.78 is 7.11. The molecule has 1 aromatic heterocycles. The average molecular weight is 328 g/mol. The van der Waals surface area contributed by atoms with Crippen molar-refractivity contribution < 1.29 is 9.53 Å². The molecule has 2 heterocycles. The van der Waals surface area contributed by atoms with Crippen molar-refractivity contribution in [2.45, 2.75) is 38.3 Å². The lowest BCUT2D eigenvalue weighted by Crippen LogP contribution is -2.40. The van der Waals surface area contributed by atoms with Crippen molar-refractivity contribution in [1.82, 2.24) is 19.7 Å². The van der Waals surface area contributed by atoms with Crippen molar-refractivity contribution in [3.05, 3.63) is 48.0 Å². The van der Waals surface area contributed by atoms with E-state index in [1.165, 1.54) is 5.56 Å². The highest BCUT2D eigenvalue weighted by atomic mass is 16.5. The lowest BCUT2D eigenvalue weighted by Gasteiger charge is -2.35. The number of ether oxygens (including phenoxy) is 1. The maximum Gasteiger partial charge on any atom is 0.225 e. The number of hydrogen-bond acceptors (Lipinski definition) is 4. The van der Waals surface area contributed by atoms with Gasteiger partial charge in [0.25, 0.3) is 0 Å². The van der Waals surface area contributed by atoms with Crippen LogP contribution in [-0.4, -0.2) is 45.8 Å². The van der Waals surface area contributed by atoms with Gasteiger partial charge >= 0.3 is 0 Å². The van der Waals surface area contributed by atoms with Crippen LogP contribution in [0.1, 0.15) is 43.1 Å². The van der Waals surface area contributed by atoms with Gasteiger partial charge in [-0.15, -0.1) is 10.2 Å². The molecule has 1 saturated heterocycles. The molecule has 6 nitrogen and oxygen atoms in total. The van der Waals surface area contributed by atoms with Crippen LogP contribution in [-0.2, 0) is 16.1 Å². The first-order valence-electron chi connectivity index (χ1n) is 8.49. The predicted molar refractivity (Wildman–Crippen MR) is 90.4 cm³/mol. The average Bonchev–Trinajstić information content (AvgIpc) is 3.08. The Labute approximate surface area is 142 Å². The van der Waals surface area contributed by atoms with Gasteiger partial charge in [-0.1, -0.05) is 30.3 Å². The molecule has 128 valence electrons. The lowest BCUT2D eigenvalue weighted by atomic mass is 10.0. The third-order valence-electron chi connectivity index (χ3n) is 4.48. The van der Waals surface area contributed by atoms with E-state index in [1.807, 2.05) is 23.1 Å². The molecular formula is C18H24N4O2. The molecule has 1 aliphatic rings. The van der Waals surface area contributed by atoms with Crippen LogP contribution >= 0.6 is 0 Å². The molecule has 0 aliphatic carbocycles. The molecule has 2 aromatic rings. The van der Waals surface area contributed by atoms with Gasteiger partial charge in [-0.3, -0.25) is 4.79 Å². The van der Waals surface area contributed by atoms with Crippen LogP contribution in [0, 0.1) is 0 Å². The number of hydrogen-bond donors (Lipinski definition) is 0. The number of benzene rings is 1. The van der Waals surface area contributed by atoms with E-state index in [1.54, 1.807) is 13.4 Å². The Morgan fingerprint density at radius 3 is 2.92 bits per heavy atom. The van der Waals surface area contributed by atoms with Crippen LogP contribution in [0.15, 0.2) is 36.7 Å². The molecule has 1 amide bonds. The zero-order chi connectivity index (χ0) is 16.8. The van der Waals surface area contributed by atoms with Crippen LogP contribution < -0.4 is 0 Å². The topological polar surface area (TPSA) is 60.2 Å². The van der Waals surface area contributed by atoms with Crippen molar-refractivity contribution in [2.24, 2.45) is 0 Å². The normalized spacial score (nSPS) is 17.9. The van der Waals surface area contributed by atoms with Crippen molar-refractivity contribution in [3.63, 3.8) is 0 Å². The van der Waals surface area contributed by atoms with Crippen LogP contribution in [0.2, 0.25) is 0 Å². The standard InChI is InChI=1S/C18H24N4O2/c1-24-12-10-17(23)22-11-6-5-9-16(22)18-20-19-14-21(18)13-15-7-3-2-4-8-15/h2-4,7-8,14,16H,5-6,9-13H2,1H3/t16-/m1/s1. The summed E-state index contributed by atoms with van der Waals surface area (Å²) in [5, 5.41) is 8.44. The molecule has 0 radical (unpaired) electrons. The highest BCUT2D eigenvalue weighted by Gasteiger charge is 2.31. The maximum atomic E-state index is 12.5. The van der Waals surface area contributed by atoms with Gasteiger partial charge in [0.1, 0.15) is 6.33 Å². The summed E-state index contributed by atoms with van der Waals surface area (Å²) in [4.78, 5) is 14.5. The number of amides is 1. The van der Waals surface area contributed by atoms with Crippen LogP contribution in [0.5, 0.6) is 0 Å². The summed E-state index contributed by atoms with van der Waals surface area (Å²) >= 11 is 0. The van der Waals surface area contributed by atoms with Crippen LogP contribution in [0.3, 0.4) is 0 Å². The van der Waals surface area contributed by atoms with Gasteiger partial charge in [-0.2, -0.15) is 0 Å². The predicted octanol–water partition coefficient (Wildman–Crippen LogP) is 2.42. The van der Waals surface area contributed by atoms with E-state index < -0.39 is 0 Å². The van der Waals surface area contributed by atoms with Gasteiger partial charge < -0.3 is 14.2 Å². The van der Waals surface area contributed by atoms with E-state index in [2.05, 4.69) is 26.9 Å². The Morgan fingerprint density at radius 1 is 1.29 bits per heavy atom. The summed E-state index contributed by atoms with van der Waals surface area (Å²) in [6.45, 7) is 1.96. The number of carbonyl (C=O) groups excluding carboxylic acids is 1. The fourth-order valence-corrected chi connectivity index (χ4v) is 3.26. The molecule has 0 bridgehead atoms. The second-order valence-electron chi connectivity index (χ2n) is 6.14. The van der Waals surface area contributed by atoms with E-state index >= 15 is 0 Å². The van der Waals surface area contributed by atoms with Gasteiger partial charge in [0.2, 0.25) is 5.91 Å². The molecular weight excluding hydrogens is 304 g/mol. The first-order chi connectivity index (χ1) is 11.8. The van der Waals surface area contributed by atoms with E-state index in [0.29, 0.717) is 13.0 Å². The Morgan fingerprint density at radius 2 is 2.12 bits per heavy atom. The minimum absolute atomic E-state index is 0.00863. The highest BCUT2D eigenvalue weighted by molar-refractivity contribution is 5.76. The molecule has 1 aromatic carbocycles. The van der Waals surface area contributed by atoms with Gasteiger partial charge in [0, 0.05) is 13.7 Å². The monoisotopic (exact) mass is 328 g/mol. The largest absolute Gasteiger partial charge is 0.384 e. The maximum absolute atomic E-state index is 12.5. The first-order valence-corrected chi connectivity index (χ1v) is 8.49. The van der Waals surface area contributed by atoms with Gasteiger partial charge in [0.05, 0.1) is 25.6 Å². The molecule has 1 aliphatic heterocycles. The summed E-state index contributed by atoms with van der Waals surface area (Å²) in [7, 11) is 1.62. The van der Waals surface area contributed by atoms with E-state index in [0.717, 1.165) is 38.2 Å². The zero-order valence-corrected chi connectivity index (χ0v) is 14.1. The van der Waals surface area contributed by atoms with Gasteiger partial charge in [0.15, 0.2) is 5.82 Å². The van der Waals surface area contributed by atoms with Crippen LogP contribution in [0.4, 0.5) is 0 Å². The molecule has 24 heavy (non-hydrogen) atoms. The van der Waals surface area contributed by atoms with Crippen LogP contribution in [0.25, 0.3) is 0 Å². The minimum Gasteiger partial charge on any atom is -0.384 e. The number of likely N-dealkylation sites (tertiary alicyclic amines) is 1. The Kier molecular flexibility index (Phi) is 5.59. The third-order valence-corrected chi connectivity index (χ3v) is 4.48. The molecule has 1 fully saturated rings. The van der Waals surface area contributed by atoms with E-state index in [9.17, 15) is 4.79 Å². The summed E-state index contributed by atoms with van der Waals surface area (Å²) in [5.74, 6) is 1.01. The van der Waals surface area contributed by atoms with Gasteiger partial charge in [-0.25, -0.2) is 0 Å². The number of piperidine rings is 1. The van der Waals surface area contributed by atoms with E-state index in [4.69, 9.17) is 4.74 Å². The number of nitrogens with zero attached hydrogens (tertiary/aromatic N) is 4. The first kappa shape index (κ1) is 16.6. The van der Waals surface area contributed by atoms with Crippen molar-refractivity contribution >= 4 is 5.91 Å². The highest BCUT2D eigenvalue weighted by Crippen LogP contribution is 2.30. The van der Waals surface area contributed by atoms with E-state index in [-0.39, 0.29) is 11.9 Å². The number of methoxy groups -OCH3 is 1. The zero-order valence-electron chi connectivity index (χ0n) is 14.1. The molecule has 1 atom stereocenters. The molecule has 0 N–H and O–H groups in total. The van der Waals surface area contributed by atoms with Crippen molar-refractivity contribution in [1.29, 1.82) is 0 Å². The molecule has 0 saturated carbocycles. The lowest BCUT2D eigenvalue weighted by molar-refractivity contribution is -0.136. The fourth-order valence-electron chi connectivity index (χ4n) is 3.26. The summed E-state index contributed by atoms with van der Waals surface area (Å²) in [6.07, 6.45) is 5.26. The number of rotatable bonds is 6. The SMILES string of the molecule is COCCC(=O)N1CCCC[C@@H]1c1nncn1Cc1ccccc1. The van der Waals surface area contributed by atoms with Gasteiger partial charge in [-0.05, 0) is 24.8 Å². The molecule has 6 heteroatoms. The van der Waals surface area contributed by atoms with Crippen molar-refractivity contribution in [3.8, 4) is 0 Å². The smallest absolute Gasteiger partial charge is 0.225 e. The molecule has 3 rings (SSSR count). The Balaban J connectivity index is 1.79. The fraction of sp³-hybridized carbons (Fsp3) is 0.500. The quantitative estimate of drug-likeness (QED) is 0.817. The Hall–Kier alpha value is -2.21. The second-order valence-corrected chi connectivity index (χ2v) is 6.14. The second kappa shape index (κ2) is 8.06. The number of carbonyl (C=O) groups is 1. The summed E-state index contributed by atoms with van der Waals surface area (Å²) in [6, 6.07) is 10.3. The Bertz CT molecular complexity index is 656. The summed E-state index contributed by atoms with van der Waals surface area (Å²) in [5.41, 5.74) is 1.20. The third kappa shape index (κ3) is 3.82. The molecule has 0 spiro atoms. The number of aromatic nitrogens is 3. The molecule has 0 unspecified atom stereocenters. The minimum atomic E-state index is 0.00863. The van der Waals surface area contributed by atoms with Crippen molar-refractivity contribution in [2.75, 3.05) is 20.3 Å².